The zero-order valence-corrected chi connectivity index (χ0v) is 10.3. The fourth-order valence-corrected chi connectivity index (χ4v) is 1.78. The SMILES string of the molecule is C=C(CC)C1=CC=C(C/C=C\CCCN)C1. The third kappa shape index (κ3) is 4.19. The maximum Gasteiger partial charge on any atom is -0.00584 e. The van der Waals surface area contributed by atoms with Gasteiger partial charge in [-0.05, 0) is 44.2 Å². The minimum absolute atomic E-state index is 0.787. The summed E-state index contributed by atoms with van der Waals surface area (Å²) in [5.74, 6) is 0. The van der Waals surface area contributed by atoms with Gasteiger partial charge in [-0.2, -0.15) is 0 Å². The summed E-state index contributed by atoms with van der Waals surface area (Å²) >= 11 is 0. The Bertz CT molecular complexity index is 318. The minimum Gasteiger partial charge on any atom is -0.330 e. The van der Waals surface area contributed by atoms with Crippen molar-refractivity contribution in [1.82, 2.24) is 0 Å². The lowest BCUT2D eigenvalue weighted by Gasteiger charge is -2.04. The van der Waals surface area contributed by atoms with E-state index in [2.05, 4.69) is 37.8 Å². The van der Waals surface area contributed by atoms with Crippen molar-refractivity contribution in [3.05, 3.63) is 47.6 Å². The van der Waals surface area contributed by atoms with Crippen molar-refractivity contribution in [2.24, 2.45) is 5.73 Å². The van der Waals surface area contributed by atoms with E-state index in [0.29, 0.717) is 0 Å². The first-order chi connectivity index (χ1) is 7.77. The van der Waals surface area contributed by atoms with Gasteiger partial charge in [0.15, 0.2) is 0 Å². The first kappa shape index (κ1) is 13.0. The second-order valence-electron chi connectivity index (χ2n) is 4.26. The molecule has 0 saturated heterocycles. The fourth-order valence-electron chi connectivity index (χ4n) is 1.78. The highest BCUT2D eigenvalue weighted by atomic mass is 14.5. The Morgan fingerprint density at radius 1 is 1.44 bits per heavy atom. The number of rotatable bonds is 7. The number of hydrogen-bond acceptors (Lipinski definition) is 1. The summed E-state index contributed by atoms with van der Waals surface area (Å²) in [6.45, 7) is 7.02. The molecule has 0 aromatic heterocycles. The lowest BCUT2D eigenvalue weighted by molar-refractivity contribution is 0.852. The third-order valence-corrected chi connectivity index (χ3v) is 2.94. The van der Waals surface area contributed by atoms with E-state index in [4.69, 9.17) is 5.73 Å². The summed E-state index contributed by atoms with van der Waals surface area (Å²) in [5.41, 5.74) is 9.62. The maximum atomic E-state index is 5.44. The van der Waals surface area contributed by atoms with Crippen LogP contribution in [0.15, 0.2) is 47.6 Å². The second kappa shape index (κ2) is 7.24. The highest BCUT2D eigenvalue weighted by Gasteiger charge is 2.08. The van der Waals surface area contributed by atoms with Crippen molar-refractivity contribution >= 4 is 0 Å². The number of nitrogens with two attached hydrogens (primary N) is 1. The van der Waals surface area contributed by atoms with E-state index >= 15 is 0 Å². The van der Waals surface area contributed by atoms with Crippen LogP contribution < -0.4 is 5.73 Å². The van der Waals surface area contributed by atoms with Gasteiger partial charge < -0.3 is 5.73 Å². The van der Waals surface area contributed by atoms with Gasteiger partial charge in [0.2, 0.25) is 0 Å². The summed E-state index contributed by atoms with van der Waals surface area (Å²) in [5, 5.41) is 0. The largest absolute Gasteiger partial charge is 0.330 e. The first-order valence-electron chi connectivity index (χ1n) is 6.19. The normalized spacial score (nSPS) is 15.4. The van der Waals surface area contributed by atoms with Crippen LogP contribution in [-0.2, 0) is 0 Å². The number of unbranched alkanes of at least 4 members (excludes halogenated alkanes) is 1. The van der Waals surface area contributed by atoms with Crippen molar-refractivity contribution < 1.29 is 0 Å². The van der Waals surface area contributed by atoms with E-state index in [1.54, 1.807) is 0 Å². The summed E-state index contributed by atoms with van der Waals surface area (Å²) < 4.78 is 0. The lowest BCUT2D eigenvalue weighted by atomic mass is 10.0. The first-order valence-corrected chi connectivity index (χ1v) is 6.19. The maximum absolute atomic E-state index is 5.44. The van der Waals surface area contributed by atoms with E-state index < -0.39 is 0 Å². The summed E-state index contributed by atoms with van der Waals surface area (Å²) in [7, 11) is 0. The van der Waals surface area contributed by atoms with E-state index in [1.807, 2.05) is 0 Å². The molecule has 0 aromatic carbocycles. The highest BCUT2D eigenvalue weighted by Crippen LogP contribution is 2.27. The zero-order valence-electron chi connectivity index (χ0n) is 10.3. The van der Waals surface area contributed by atoms with Crippen molar-refractivity contribution in [2.75, 3.05) is 6.54 Å². The van der Waals surface area contributed by atoms with E-state index in [-0.39, 0.29) is 0 Å². The molecule has 0 atom stereocenters. The lowest BCUT2D eigenvalue weighted by Crippen LogP contribution is -1.96. The Hall–Kier alpha value is -1.08. The monoisotopic (exact) mass is 217 g/mol. The summed E-state index contributed by atoms with van der Waals surface area (Å²) in [6.07, 6.45) is 14.4. The molecule has 1 aliphatic rings. The fraction of sp³-hybridized carbons (Fsp3) is 0.467. The smallest absolute Gasteiger partial charge is 0.00584 e. The molecule has 1 nitrogen and oxygen atoms in total. The van der Waals surface area contributed by atoms with E-state index in [0.717, 1.165) is 38.6 Å². The molecular formula is C15H23N. The Balaban J connectivity index is 2.24. The zero-order chi connectivity index (χ0) is 11.8. The van der Waals surface area contributed by atoms with E-state index in [1.165, 1.54) is 16.7 Å². The Morgan fingerprint density at radius 3 is 2.94 bits per heavy atom. The molecule has 0 amide bonds. The van der Waals surface area contributed by atoms with Gasteiger partial charge in [0.25, 0.3) is 0 Å². The molecule has 0 radical (unpaired) electrons. The minimum atomic E-state index is 0.787. The molecule has 0 bridgehead atoms. The van der Waals surface area contributed by atoms with Gasteiger partial charge in [-0.25, -0.2) is 0 Å². The molecule has 2 N–H and O–H groups in total. The quantitative estimate of drug-likeness (QED) is 0.508. The van der Waals surface area contributed by atoms with Crippen molar-refractivity contribution in [1.29, 1.82) is 0 Å². The Kier molecular flexibility index (Phi) is 5.87. The predicted octanol–water partition coefficient (Wildman–Crippen LogP) is 3.89. The number of hydrogen-bond donors (Lipinski definition) is 1. The van der Waals surface area contributed by atoms with Gasteiger partial charge in [-0.1, -0.05) is 49.0 Å². The topological polar surface area (TPSA) is 26.0 Å². The molecule has 16 heavy (non-hydrogen) atoms. The van der Waals surface area contributed by atoms with Crippen LogP contribution >= 0.6 is 0 Å². The van der Waals surface area contributed by atoms with Crippen molar-refractivity contribution in [3.8, 4) is 0 Å². The second-order valence-corrected chi connectivity index (χ2v) is 4.26. The third-order valence-electron chi connectivity index (χ3n) is 2.94. The molecule has 0 aliphatic heterocycles. The number of allylic oxidation sites excluding steroid dienone is 7. The predicted molar refractivity (Wildman–Crippen MR) is 72.3 cm³/mol. The van der Waals surface area contributed by atoms with Gasteiger partial charge in [0, 0.05) is 0 Å². The Labute approximate surface area is 99.4 Å². The molecule has 88 valence electrons. The van der Waals surface area contributed by atoms with Crippen molar-refractivity contribution in [3.63, 3.8) is 0 Å². The molecule has 1 rings (SSSR count). The van der Waals surface area contributed by atoms with Crippen LogP contribution in [0.3, 0.4) is 0 Å². The Morgan fingerprint density at radius 2 is 2.25 bits per heavy atom. The molecule has 0 saturated carbocycles. The highest BCUT2D eigenvalue weighted by molar-refractivity contribution is 5.42. The van der Waals surface area contributed by atoms with Crippen LogP contribution in [-0.4, -0.2) is 6.54 Å². The van der Waals surface area contributed by atoms with Crippen LogP contribution in [0.5, 0.6) is 0 Å². The average molecular weight is 217 g/mol. The van der Waals surface area contributed by atoms with Gasteiger partial charge in [0.05, 0.1) is 0 Å². The standard InChI is InChI=1S/C15H23N/c1-3-13(2)15-10-9-14(12-15)8-6-4-5-7-11-16/h4,6,9-10H,2-3,5,7-8,11-12,16H2,1H3/b6-4-. The molecular weight excluding hydrogens is 194 g/mol. The van der Waals surface area contributed by atoms with Gasteiger partial charge in [-0.15, -0.1) is 0 Å². The van der Waals surface area contributed by atoms with Crippen LogP contribution in [0.4, 0.5) is 0 Å². The summed E-state index contributed by atoms with van der Waals surface area (Å²) in [6, 6.07) is 0. The van der Waals surface area contributed by atoms with Gasteiger partial charge in [-0.3, -0.25) is 0 Å². The van der Waals surface area contributed by atoms with E-state index in [9.17, 15) is 0 Å². The van der Waals surface area contributed by atoms with Crippen LogP contribution in [0.1, 0.15) is 39.0 Å². The molecule has 1 heteroatoms. The van der Waals surface area contributed by atoms with Crippen LogP contribution in [0.2, 0.25) is 0 Å². The summed E-state index contributed by atoms with van der Waals surface area (Å²) in [4.78, 5) is 0. The average Bonchev–Trinajstić information content (AvgIpc) is 2.76. The molecule has 0 spiro atoms. The molecule has 1 aliphatic carbocycles. The molecule has 0 unspecified atom stereocenters. The van der Waals surface area contributed by atoms with Crippen LogP contribution in [0, 0.1) is 0 Å². The van der Waals surface area contributed by atoms with Crippen LogP contribution in [0.25, 0.3) is 0 Å². The van der Waals surface area contributed by atoms with Gasteiger partial charge >= 0.3 is 0 Å². The molecule has 0 fully saturated rings. The molecule has 0 aromatic rings. The van der Waals surface area contributed by atoms with Gasteiger partial charge in [0.1, 0.15) is 0 Å². The molecule has 0 heterocycles. The van der Waals surface area contributed by atoms with Crippen molar-refractivity contribution in [2.45, 2.75) is 39.0 Å².